The number of aliphatic hydroxyl groups is 1. The van der Waals surface area contributed by atoms with Crippen molar-refractivity contribution in [3.05, 3.63) is 51.6 Å². The van der Waals surface area contributed by atoms with Gasteiger partial charge in [0.15, 0.2) is 0 Å². The Hall–Kier alpha value is -3.46. The van der Waals surface area contributed by atoms with Crippen LogP contribution in [0.4, 0.5) is 5.82 Å². The van der Waals surface area contributed by atoms with Crippen LogP contribution < -0.4 is 16.6 Å². The first-order valence-electron chi connectivity index (χ1n) is 7.40. The number of aryl methyl sites for hydroxylation is 1. The first-order valence-corrected chi connectivity index (χ1v) is 7.40. The molecule has 0 spiro atoms. The number of nitrogens with zero attached hydrogens (tertiary/aromatic N) is 3. The third kappa shape index (κ3) is 1.99. The van der Waals surface area contributed by atoms with Crippen LogP contribution >= 0.6 is 0 Å². The van der Waals surface area contributed by atoms with Crippen LogP contribution in [0.3, 0.4) is 0 Å². The zero-order valence-electron chi connectivity index (χ0n) is 13.1. The molecule has 1 aliphatic rings. The average molecular weight is 339 g/mol. The number of imidazole rings is 1. The number of fused-ring (bicyclic) bond motifs is 2. The van der Waals surface area contributed by atoms with E-state index in [4.69, 9.17) is 5.73 Å². The summed E-state index contributed by atoms with van der Waals surface area (Å²) in [5.74, 6) is -0.897. The highest BCUT2D eigenvalue weighted by Crippen LogP contribution is 2.25. The van der Waals surface area contributed by atoms with E-state index in [0.717, 1.165) is 16.2 Å². The molecule has 126 valence electrons. The van der Waals surface area contributed by atoms with Gasteiger partial charge in [-0.15, -0.1) is 0 Å². The number of hydrogen-bond acceptors (Lipinski definition) is 6. The second kappa shape index (κ2) is 5.02. The maximum Gasteiger partial charge on any atom is 0.262 e. The van der Waals surface area contributed by atoms with E-state index in [-0.39, 0.29) is 23.6 Å². The molecule has 0 saturated carbocycles. The van der Waals surface area contributed by atoms with Crippen molar-refractivity contribution in [3.8, 4) is 5.69 Å². The van der Waals surface area contributed by atoms with Crippen LogP contribution in [0.15, 0.2) is 29.1 Å². The summed E-state index contributed by atoms with van der Waals surface area (Å²) in [6.45, 7) is -0.219. The summed E-state index contributed by atoms with van der Waals surface area (Å²) in [7, 11) is 1.77. The van der Waals surface area contributed by atoms with Crippen molar-refractivity contribution in [2.75, 3.05) is 5.73 Å². The van der Waals surface area contributed by atoms with Gasteiger partial charge in [0, 0.05) is 13.1 Å². The number of nitrogen functional groups attached to an aromatic ring is 1. The number of imide groups is 1. The van der Waals surface area contributed by atoms with Crippen LogP contribution in [0.5, 0.6) is 0 Å². The standard InChI is InChI=1S/C16H13N5O4/c1-20-10-3-2-7(4-9(10)18-11(20)6-22)21-12(23)5-8-13(14(21)17)16(25)19-15(8)24/h2-5,22H,6,17H2,1H3,(H,19,24,25). The van der Waals surface area contributed by atoms with Gasteiger partial charge in [0.05, 0.1) is 27.8 Å². The Balaban J connectivity index is 1.98. The van der Waals surface area contributed by atoms with E-state index in [1.807, 2.05) is 0 Å². The van der Waals surface area contributed by atoms with Crippen LogP contribution in [-0.4, -0.2) is 31.0 Å². The Morgan fingerprint density at radius 2 is 1.96 bits per heavy atom. The molecular weight excluding hydrogens is 326 g/mol. The molecule has 0 saturated heterocycles. The van der Waals surface area contributed by atoms with Crippen LogP contribution in [0, 0.1) is 0 Å². The lowest BCUT2D eigenvalue weighted by Gasteiger charge is -2.11. The highest BCUT2D eigenvalue weighted by atomic mass is 16.3. The second-order valence-corrected chi connectivity index (χ2v) is 5.69. The van der Waals surface area contributed by atoms with E-state index < -0.39 is 17.4 Å². The Morgan fingerprint density at radius 3 is 2.68 bits per heavy atom. The highest BCUT2D eigenvalue weighted by Gasteiger charge is 2.31. The Bertz CT molecular complexity index is 1140. The Morgan fingerprint density at radius 1 is 1.20 bits per heavy atom. The number of aliphatic hydroxyl groups excluding tert-OH is 1. The number of aromatic nitrogens is 3. The zero-order valence-corrected chi connectivity index (χ0v) is 13.1. The number of benzene rings is 1. The molecule has 0 unspecified atom stereocenters. The van der Waals surface area contributed by atoms with Gasteiger partial charge in [-0.25, -0.2) is 4.98 Å². The van der Waals surface area contributed by atoms with Crippen molar-refractivity contribution < 1.29 is 14.7 Å². The van der Waals surface area contributed by atoms with Gasteiger partial charge in [0.2, 0.25) is 0 Å². The fourth-order valence-corrected chi connectivity index (χ4v) is 3.06. The number of nitrogens with one attached hydrogen (secondary N) is 1. The number of carbonyl (C=O) groups excluding carboxylic acids is 2. The van der Waals surface area contributed by atoms with Gasteiger partial charge < -0.3 is 15.4 Å². The van der Waals surface area contributed by atoms with E-state index in [2.05, 4.69) is 10.3 Å². The van der Waals surface area contributed by atoms with Gasteiger partial charge in [-0.3, -0.25) is 24.3 Å². The van der Waals surface area contributed by atoms with Gasteiger partial charge in [-0.2, -0.15) is 0 Å². The minimum absolute atomic E-state index is 0.0123. The van der Waals surface area contributed by atoms with Gasteiger partial charge in [-0.1, -0.05) is 0 Å². The molecule has 9 nitrogen and oxygen atoms in total. The molecule has 0 fully saturated rings. The fraction of sp³-hybridized carbons (Fsp3) is 0.125. The molecule has 3 heterocycles. The van der Waals surface area contributed by atoms with E-state index in [9.17, 15) is 19.5 Å². The van der Waals surface area contributed by atoms with Crippen LogP contribution in [-0.2, 0) is 13.7 Å². The molecule has 2 amide bonds. The summed E-state index contributed by atoms with van der Waals surface area (Å²) in [6.07, 6.45) is 0. The first kappa shape index (κ1) is 15.1. The third-order valence-corrected chi connectivity index (χ3v) is 4.31. The molecule has 1 aromatic carbocycles. The van der Waals surface area contributed by atoms with Crippen molar-refractivity contribution in [3.63, 3.8) is 0 Å². The average Bonchev–Trinajstić information content (AvgIpc) is 3.04. The predicted octanol–water partition coefficient (Wildman–Crippen LogP) is -0.318. The predicted molar refractivity (Wildman–Crippen MR) is 88.4 cm³/mol. The van der Waals surface area contributed by atoms with Crippen LogP contribution in [0.25, 0.3) is 16.7 Å². The molecule has 0 aliphatic carbocycles. The SMILES string of the molecule is Cn1c(CO)nc2cc(-n3c(N)c4c(cc3=O)C(=O)NC4=O)ccc21. The molecule has 0 atom stereocenters. The summed E-state index contributed by atoms with van der Waals surface area (Å²) in [6, 6.07) is 6.12. The lowest BCUT2D eigenvalue weighted by atomic mass is 10.1. The van der Waals surface area contributed by atoms with Gasteiger partial charge in [0.1, 0.15) is 18.2 Å². The molecule has 4 rings (SSSR count). The lowest BCUT2D eigenvalue weighted by Crippen LogP contribution is -2.24. The quantitative estimate of drug-likeness (QED) is 0.548. The number of amides is 2. The number of anilines is 1. The summed E-state index contributed by atoms with van der Waals surface area (Å²) in [5, 5.41) is 11.4. The van der Waals surface area contributed by atoms with Crippen molar-refractivity contribution in [1.82, 2.24) is 19.4 Å². The zero-order chi connectivity index (χ0) is 17.9. The maximum atomic E-state index is 12.4. The topological polar surface area (TPSA) is 132 Å². The molecule has 3 aromatic rings. The molecule has 0 radical (unpaired) electrons. The normalized spacial score (nSPS) is 13.4. The van der Waals surface area contributed by atoms with Crippen LogP contribution in [0.2, 0.25) is 0 Å². The second-order valence-electron chi connectivity index (χ2n) is 5.69. The van der Waals surface area contributed by atoms with Crippen molar-refractivity contribution >= 4 is 28.7 Å². The summed E-state index contributed by atoms with van der Waals surface area (Å²) in [5.41, 5.74) is 7.19. The van der Waals surface area contributed by atoms with E-state index in [1.165, 1.54) is 0 Å². The lowest BCUT2D eigenvalue weighted by molar-refractivity contribution is 0.0880. The molecule has 2 aromatic heterocycles. The van der Waals surface area contributed by atoms with E-state index in [0.29, 0.717) is 17.0 Å². The first-order chi connectivity index (χ1) is 11.9. The molecule has 9 heteroatoms. The number of hydrogen-bond donors (Lipinski definition) is 3. The van der Waals surface area contributed by atoms with E-state index >= 15 is 0 Å². The fourth-order valence-electron chi connectivity index (χ4n) is 3.06. The van der Waals surface area contributed by atoms with Gasteiger partial charge in [0.25, 0.3) is 17.4 Å². The summed E-state index contributed by atoms with van der Waals surface area (Å²) >= 11 is 0. The van der Waals surface area contributed by atoms with Crippen LogP contribution in [0.1, 0.15) is 26.5 Å². The molecular formula is C16H13N5O4. The molecule has 4 N–H and O–H groups in total. The highest BCUT2D eigenvalue weighted by molar-refractivity contribution is 6.23. The van der Waals surface area contributed by atoms with Crippen molar-refractivity contribution in [2.45, 2.75) is 6.61 Å². The summed E-state index contributed by atoms with van der Waals surface area (Å²) in [4.78, 5) is 40.4. The largest absolute Gasteiger partial charge is 0.388 e. The summed E-state index contributed by atoms with van der Waals surface area (Å²) < 4.78 is 2.89. The van der Waals surface area contributed by atoms with Gasteiger partial charge >= 0.3 is 0 Å². The minimum atomic E-state index is -0.635. The maximum absolute atomic E-state index is 12.4. The Kier molecular flexibility index (Phi) is 3.03. The molecule has 25 heavy (non-hydrogen) atoms. The monoisotopic (exact) mass is 339 g/mol. The molecule has 0 bridgehead atoms. The number of rotatable bonds is 2. The molecule has 1 aliphatic heterocycles. The third-order valence-electron chi connectivity index (χ3n) is 4.31. The minimum Gasteiger partial charge on any atom is -0.388 e. The van der Waals surface area contributed by atoms with Gasteiger partial charge in [-0.05, 0) is 18.2 Å². The van der Waals surface area contributed by atoms with Crippen molar-refractivity contribution in [2.24, 2.45) is 7.05 Å². The number of carbonyl (C=O) groups is 2. The smallest absolute Gasteiger partial charge is 0.262 e. The van der Waals surface area contributed by atoms with E-state index in [1.54, 1.807) is 29.8 Å². The Labute approximate surface area is 140 Å². The number of pyridine rings is 1. The van der Waals surface area contributed by atoms with Crippen molar-refractivity contribution in [1.29, 1.82) is 0 Å². The number of nitrogens with two attached hydrogens (primary N) is 1.